The molecule has 1 aliphatic rings. The highest BCUT2D eigenvalue weighted by molar-refractivity contribution is 7.89. The van der Waals surface area contributed by atoms with Crippen molar-refractivity contribution in [2.24, 2.45) is 5.73 Å². The second kappa shape index (κ2) is 5.40. The van der Waals surface area contributed by atoms with Gasteiger partial charge in [-0.3, -0.25) is 4.79 Å². The summed E-state index contributed by atoms with van der Waals surface area (Å²) in [7, 11) is -3.59. The summed E-state index contributed by atoms with van der Waals surface area (Å²) in [6.45, 7) is 5.76. The molecule has 0 saturated carbocycles. The Labute approximate surface area is 125 Å². The van der Waals surface area contributed by atoms with Crippen LogP contribution in [0.5, 0.6) is 0 Å². The molecule has 0 radical (unpaired) electrons. The van der Waals surface area contributed by atoms with Crippen LogP contribution in [0.15, 0.2) is 23.1 Å². The van der Waals surface area contributed by atoms with E-state index in [0.29, 0.717) is 13.0 Å². The number of fused-ring (bicyclic) bond motifs is 1. The van der Waals surface area contributed by atoms with Crippen LogP contribution in [0.4, 0.5) is 5.69 Å². The average molecular weight is 311 g/mol. The van der Waals surface area contributed by atoms with E-state index in [1.165, 1.54) is 13.0 Å². The number of anilines is 1. The standard InChI is InChI=1S/C14H21N3O3S/c1-10(18)17-7-6-11-8-12(4-5-13(11)17)21(19,20)16-9-14(2,3)15/h4-5,8,16H,6-7,9,15H2,1-3H3. The van der Waals surface area contributed by atoms with Crippen LogP contribution in [0, 0.1) is 0 Å². The Hall–Kier alpha value is -1.44. The minimum absolute atomic E-state index is 0.0348. The summed E-state index contributed by atoms with van der Waals surface area (Å²) >= 11 is 0. The lowest BCUT2D eigenvalue weighted by molar-refractivity contribution is -0.116. The molecule has 3 N–H and O–H groups in total. The van der Waals surface area contributed by atoms with Crippen LogP contribution < -0.4 is 15.4 Å². The number of nitrogens with two attached hydrogens (primary N) is 1. The molecule has 7 heteroatoms. The molecule has 116 valence electrons. The Balaban J connectivity index is 2.25. The predicted octanol–water partition coefficient (Wildman–Crippen LogP) is 0.611. The first-order valence-electron chi connectivity index (χ1n) is 6.80. The second-order valence-corrected chi connectivity index (χ2v) is 7.79. The molecule has 21 heavy (non-hydrogen) atoms. The molecule has 0 spiro atoms. The fourth-order valence-electron chi connectivity index (χ4n) is 2.24. The van der Waals surface area contributed by atoms with E-state index < -0.39 is 15.6 Å². The molecule has 0 saturated heterocycles. The molecular weight excluding hydrogens is 290 g/mol. The Morgan fingerprint density at radius 1 is 1.43 bits per heavy atom. The SMILES string of the molecule is CC(=O)N1CCc2cc(S(=O)(=O)NCC(C)(C)N)ccc21. The van der Waals surface area contributed by atoms with Crippen molar-refractivity contribution in [1.82, 2.24) is 4.72 Å². The third-order valence-corrected chi connectivity index (χ3v) is 4.75. The normalized spacial score (nSPS) is 15.1. The van der Waals surface area contributed by atoms with Crippen molar-refractivity contribution in [3.63, 3.8) is 0 Å². The highest BCUT2D eigenvalue weighted by Crippen LogP contribution is 2.30. The lowest BCUT2D eigenvalue weighted by Crippen LogP contribution is -2.45. The molecule has 1 aliphatic heterocycles. The van der Waals surface area contributed by atoms with Crippen LogP contribution in [0.25, 0.3) is 0 Å². The summed E-state index contributed by atoms with van der Waals surface area (Å²) in [5.41, 5.74) is 6.84. The van der Waals surface area contributed by atoms with E-state index in [4.69, 9.17) is 5.73 Å². The fraction of sp³-hybridized carbons (Fsp3) is 0.500. The molecule has 1 heterocycles. The van der Waals surface area contributed by atoms with Gasteiger partial charge in [-0.15, -0.1) is 0 Å². The van der Waals surface area contributed by atoms with Gasteiger partial charge in [0.1, 0.15) is 0 Å². The summed E-state index contributed by atoms with van der Waals surface area (Å²) in [4.78, 5) is 13.3. The number of amides is 1. The van der Waals surface area contributed by atoms with Crippen LogP contribution in [-0.2, 0) is 21.2 Å². The van der Waals surface area contributed by atoms with Gasteiger partial charge in [-0.05, 0) is 44.0 Å². The molecule has 0 bridgehead atoms. The van der Waals surface area contributed by atoms with Crippen molar-refractivity contribution in [2.45, 2.75) is 37.6 Å². The van der Waals surface area contributed by atoms with Gasteiger partial charge in [-0.25, -0.2) is 13.1 Å². The number of hydrogen-bond donors (Lipinski definition) is 2. The minimum Gasteiger partial charge on any atom is -0.324 e. The molecule has 0 unspecified atom stereocenters. The largest absolute Gasteiger partial charge is 0.324 e. The number of carbonyl (C=O) groups is 1. The number of rotatable bonds is 4. The molecule has 1 amide bonds. The maximum atomic E-state index is 12.2. The van der Waals surface area contributed by atoms with Gasteiger partial charge in [0.15, 0.2) is 0 Å². The minimum atomic E-state index is -3.59. The first-order valence-corrected chi connectivity index (χ1v) is 8.28. The van der Waals surface area contributed by atoms with E-state index in [2.05, 4.69) is 4.72 Å². The zero-order valence-corrected chi connectivity index (χ0v) is 13.3. The quantitative estimate of drug-likeness (QED) is 0.852. The molecule has 0 aromatic heterocycles. The first-order chi connectivity index (χ1) is 9.60. The maximum absolute atomic E-state index is 12.2. The molecule has 0 fully saturated rings. The topological polar surface area (TPSA) is 92.5 Å². The highest BCUT2D eigenvalue weighted by Gasteiger charge is 2.25. The molecule has 6 nitrogen and oxygen atoms in total. The molecule has 2 rings (SSSR count). The second-order valence-electron chi connectivity index (χ2n) is 6.02. The average Bonchev–Trinajstić information content (AvgIpc) is 2.78. The van der Waals surface area contributed by atoms with Crippen molar-refractivity contribution in [2.75, 3.05) is 18.0 Å². The summed E-state index contributed by atoms with van der Waals surface area (Å²) < 4.78 is 27.0. The van der Waals surface area contributed by atoms with Crippen LogP contribution in [0.1, 0.15) is 26.3 Å². The van der Waals surface area contributed by atoms with Gasteiger partial charge < -0.3 is 10.6 Å². The Bertz CT molecular complexity index is 663. The van der Waals surface area contributed by atoms with E-state index in [0.717, 1.165) is 11.3 Å². The van der Waals surface area contributed by atoms with E-state index >= 15 is 0 Å². The van der Waals surface area contributed by atoms with Crippen molar-refractivity contribution < 1.29 is 13.2 Å². The molecule has 0 atom stereocenters. The Morgan fingerprint density at radius 2 is 2.10 bits per heavy atom. The van der Waals surface area contributed by atoms with Gasteiger partial charge in [-0.2, -0.15) is 0 Å². The first kappa shape index (κ1) is 15.9. The number of benzene rings is 1. The molecule has 1 aromatic rings. The van der Waals surface area contributed by atoms with Crippen LogP contribution in [0.2, 0.25) is 0 Å². The van der Waals surface area contributed by atoms with Gasteiger partial charge in [-0.1, -0.05) is 0 Å². The number of hydrogen-bond acceptors (Lipinski definition) is 4. The van der Waals surface area contributed by atoms with Crippen LogP contribution in [0.3, 0.4) is 0 Å². The van der Waals surface area contributed by atoms with E-state index in [9.17, 15) is 13.2 Å². The third-order valence-electron chi connectivity index (χ3n) is 3.35. The zero-order valence-electron chi connectivity index (χ0n) is 12.5. The number of carbonyl (C=O) groups excluding carboxylic acids is 1. The van der Waals surface area contributed by atoms with E-state index in [-0.39, 0.29) is 17.3 Å². The number of nitrogens with zero attached hydrogens (tertiary/aromatic N) is 1. The van der Waals surface area contributed by atoms with Crippen molar-refractivity contribution in [1.29, 1.82) is 0 Å². The molecule has 0 aliphatic carbocycles. The van der Waals surface area contributed by atoms with Gasteiger partial charge in [0.2, 0.25) is 15.9 Å². The number of sulfonamides is 1. The summed E-state index contributed by atoms with van der Waals surface area (Å²) in [5, 5.41) is 0. The van der Waals surface area contributed by atoms with Crippen molar-refractivity contribution >= 4 is 21.6 Å². The van der Waals surface area contributed by atoms with Gasteiger partial charge in [0, 0.05) is 31.2 Å². The summed E-state index contributed by atoms with van der Waals surface area (Å²) in [6.07, 6.45) is 0.667. The fourth-order valence-corrected chi connectivity index (χ4v) is 3.51. The Morgan fingerprint density at radius 3 is 2.67 bits per heavy atom. The molecule has 1 aromatic carbocycles. The van der Waals surface area contributed by atoms with Crippen LogP contribution >= 0.6 is 0 Å². The zero-order chi connectivity index (χ0) is 15.8. The third kappa shape index (κ3) is 3.61. The van der Waals surface area contributed by atoms with Gasteiger partial charge in [0.05, 0.1) is 4.90 Å². The monoisotopic (exact) mass is 311 g/mol. The predicted molar refractivity (Wildman–Crippen MR) is 81.6 cm³/mol. The lowest BCUT2D eigenvalue weighted by atomic mass is 10.1. The lowest BCUT2D eigenvalue weighted by Gasteiger charge is -2.19. The number of nitrogens with one attached hydrogen (secondary N) is 1. The highest BCUT2D eigenvalue weighted by atomic mass is 32.2. The van der Waals surface area contributed by atoms with Crippen molar-refractivity contribution in [3.05, 3.63) is 23.8 Å². The van der Waals surface area contributed by atoms with Gasteiger partial charge >= 0.3 is 0 Å². The van der Waals surface area contributed by atoms with Crippen molar-refractivity contribution in [3.8, 4) is 0 Å². The van der Waals surface area contributed by atoms with Gasteiger partial charge in [0.25, 0.3) is 0 Å². The van der Waals surface area contributed by atoms with E-state index in [1.54, 1.807) is 30.9 Å². The van der Waals surface area contributed by atoms with E-state index in [1.807, 2.05) is 0 Å². The Kier molecular flexibility index (Phi) is 4.10. The summed E-state index contributed by atoms with van der Waals surface area (Å²) in [5.74, 6) is -0.0348. The molecular formula is C14H21N3O3S. The summed E-state index contributed by atoms with van der Waals surface area (Å²) in [6, 6.07) is 4.84. The van der Waals surface area contributed by atoms with Crippen LogP contribution in [-0.4, -0.2) is 33.0 Å². The smallest absolute Gasteiger partial charge is 0.240 e. The maximum Gasteiger partial charge on any atom is 0.240 e.